The molecule has 4 heteroatoms. The number of carboxylic acid groups (broad SMARTS) is 1. The highest BCUT2D eigenvalue weighted by atomic mass is 79.9. The number of carbonyl (C=O) groups is 1. The fraction of sp³-hybridized carbons (Fsp3) is 0.462. The first-order valence-corrected chi connectivity index (χ1v) is 6.45. The van der Waals surface area contributed by atoms with E-state index >= 15 is 0 Å². The molecule has 0 aliphatic heterocycles. The van der Waals surface area contributed by atoms with Gasteiger partial charge >= 0.3 is 5.97 Å². The summed E-state index contributed by atoms with van der Waals surface area (Å²) in [5, 5.41) is 9.01. The number of hydrogen-bond acceptors (Lipinski definition) is 2. The number of halogens is 1. The van der Waals surface area contributed by atoms with Crippen LogP contribution in [0.5, 0.6) is 5.75 Å². The molecule has 0 radical (unpaired) electrons. The van der Waals surface area contributed by atoms with Crippen molar-refractivity contribution in [3.63, 3.8) is 0 Å². The molecular weight excluding hydrogens is 284 g/mol. The Labute approximate surface area is 108 Å². The van der Waals surface area contributed by atoms with Gasteiger partial charge in [-0.1, -0.05) is 15.9 Å². The van der Waals surface area contributed by atoms with Gasteiger partial charge in [0.05, 0.1) is 12.0 Å². The number of aliphatic carboxylic acids is 1. The quantitative estimate of drug-likeness (QED) is 0.929. The molecule has 0 saturated heterocycles. The summed E-state index contributed by atoms with van der Waals surface area (Å²) in [4.78, 5) is 10.9. The number of benzene rings is 1. The van der Waals surface area contributed by atoms with E-state index in [1.165, 1.54) is 0 Å². The molecule has 0 atom stereocenters. The van der Waals surface area contributed by atoms with Crippen LogP contribution in [0.1, 0.15) is 19.3 Å². The molecule has 3 saturated carbocycles. The first kappa shape index (κ1) is 11.1. The molecule has 3 aliphatic rings. The minimum Gasteiger partial charge on any atom is -0.493 e. The summed E-state index contributed by atoms with van der Waals surface area (Å²) in [6, 6.07) is 7.72. The van der Waals surface area contributed by atoms with E-state index in [4.69, 9.17) is 9.84 Å². The highest BCUT2D eigenvalue weighted by molar-refractivity contribution is 9.10. The van der Waals surface area contributed by atoms with Crippen molar-refractivity contribution in [2.75, 3.05) is 6.61 Å². The van der Waals surface area contributed by atoms with Crippen LogP contribution in [0.2, 0.25) is 0 Å². The van der Waals surface area contributed by atoms with E-state index in [-0.39, 0.29) is 5.41 Å². The highest BCUT2D eigenvalue weighted by Crippen LogP contribution is 2.73. The maximum Gasteiger partial charge on any atom is 0.309 e. The lowest BCUT2D eigenvalue weighted by Gasteiger charge is -2.67. The van der Waals surface area contributed by atoms with Gasteiger partial charge in [-0.2, -0.15) is 0 Å². The third-order valence-corrected chi connectivity index (χ3v) is 4.48. The Kier molecular flexibility index (Phi) is 2.27. The molecule has 3 aliphatic carbocycles. The van der Waals surface area contributed by atoms with Crippen molar-refractivity contribution in [1.82, 2.24) is 0 Å². The van der Waals surface area contributed by atoms with Crippen LogP contribution in [0.4, 0.5) is 0 Å². The van der Waals surface area contributed by atoms with Gasteiger partial charge < -0.3 is 9.84 Å². The molecule has 0 unspecified atom stereocenters. The summed E-state index contributed by atoms with van der Waals surface area (Å²) < 4.78 is 6.74. The van der Waals surface area contributed by atoms with Crippen LogP contribution in [0.3, 0.4) is 0 Å². The van der Waals surface area contributed by atoms with Crippen LogP contribution >= 0.6 is 15.9 Å². The average Bonchev–Trinajstić information content (AvgIpc) is 2.16. The standard InChI is InChI=1S/C13H13BrO3/c14-9-1-3-10(4-2-9)17-8-12-5-13(6-12,7-12)11(15)16/h1-4H,5-8H2,(H,15,16). The van der Waals surface area contributed by atoms with E-state index in [0.29, 0.717) is 6.61 Å². The van der Waals surface area contributed by atoms with Crippen molar-refractivity contribution in [1.29, 1.82) is 0 Å². The third-order valence-electron chi connectivity index (χ3n) is 3.95. The predicted octanol–water partition coefficient (Wildman–Crippen LogP) is 3.08. The largest absolute Gasteiger partial charge is 0.493 e. The molecular formula is C13H13BrO3. The van der Waals surface area contributed by atoms with Crippen molar-refractivity contribution >= 4 is 21.9 Å². The van der Waals surface area contributed by atoms with Gasteiger partial charge in [0.2, 0.25) is 0 Å². The monoisotopic (exact) mass is 296 g/mol. The number of hydrogen-bond donors (Lipinski definition) is 1. The van der Waals surface area contributed by atoms with Crippen molar-refractivity contribution in [3.05, 3.63) is 28.7 Å². The average molecular weight is 297 g/mol. The van der Waals surface area contributed by atoms with Crippen LogP contribution in [0, 0.1) is 10.8 Å². The zero-order chi connectivity index (χ0) is 12.1. The van der Waals surface area contributed by atoms with Crippen molar-refractivity contribution < 1.29 is 14.6 Å². The lowest BCUT2D eigenvalue weighted by Crippen LogP contribution is -2.67. The van der Waals surface area contributed by atoms with E-state index in [0.717, 1.165) is 29.5 Å². The fourth-order valence-electron chi connectivity index (χ4n) is 3.15. The van der Waals surface area contributed by atoms with Gasteiger partial charge in [-0.25, -0.2) is 0 Å². The van der Waals surface area contributed by atoms with E-state index in [9.17, 15) is 4.79 Å². The van der Waals surface area contributed by atoms with E-state index in [2.05, 4.69) is 15.9 Å². The van der Waals surface area contributed by atoms with Crippen LogP contribution in [-0.2, 0) is 4.79 Å². The van der Waals surface area contributed by atoms with Gasteiger partial charge in [0, 0.05) is 9.89 Å². The topological polar surface area (TPSA) is 46.5 Å². The lowest BCUT2D eigenvalue weighted by molar-refractivity contribution is -0.231. The second-order valence-corrected chi connectivity index (χ2v) is 6.27. The van der Waals surface area contributed by atoms with E-state index in [1.54, 1.807) is 0 Å². The highest BCUT2D eigenvalue weighted by Gasteiger charge is 2.72. The fourth-order valence-corrected chi connectivity index (χ4v) is 3.41. The Hall–Kier alpha value is -1.03. The molecule has 0 aromatic heterocycles. The van der Waals surface area contributed by atoms with Gasteiger partial charge in [0.15, 0.2) is 0 Å². The number of carboxylic acids is 1. The van der Waals surface area contributed by atoms with Gasteiger partial charge in [0.1, 0.15) is 5.75 Å². The van der Waals surface area contributed by atoms with Crippen LogP contribution < -0.4 is 4.74 Å². The third kappa shape index (κ3) is 1.66. The van der Waals surface area contributed by atoms with Gasteiger partial charge in [0.25, 0.3) is 0 Å². The first-order valence-electron chi connectivity index (χ1n) is 5.66. The zero-order valence-electron chi connectivity index (χ0n) is 9.28. The lowest BCUT2D eigenvalue weighted by atomic mass is 9.35. The van der Waals surface area contributed by atoms with E-state index in [1.807, 2.05) is 24.3 Å². The molecule has 0 spiro atoms. The summed E-state index contributed by atoms with van der Waals surface area (Å²) in [6.45, 7) is 0.643. The molecule has 4 rings (SSSR count). The molecule has 1 N–H and O–H groups in total. The maximum atomic E-state index is 10.9. The predicted molar refractivity (Wildman–Crippen MR) is 66.0 cm³/mol. The summed E-state index contributed by atoms with van der Waals surface area (Å²) in [5.74, 6) is 0.213. The summed E-state index contributed by atoms with van der Waals surface area (Å²) in [5.41, 5.74) is -0.255. The Morgan fingerprint density at radius 3 is 2.41 bits per heavy atom. The Balaban J connectivity index is 1.55. The molecule has 0 amide bonds. The summed E-state index contributed by atoms with van der Waals surface area (Å²) >= 11 is 3.37. The van der Waals surface area contributed by atoms with Crippen molar-refractivity contribution in [2.45, 2.75) is 19.3 Å². The Bertz CT molecular complexity index is 446. The van der Waals surface area contributed by atoms with Gasteiger partial charge in [-0.05, 0) is 43.5 Å². The maximum absolute atomic E-state index is 10.9. The molecule has 0 heterocycles. The number of rotatable bonds is 4. The smallest absolute Gasteiger partial charge is 0.309 e. The minimum atomic E-state index is -0.636. The minimum absolute atomic E-state index is 0.144. The number of ether oxygens (including phenoxy) is 1. The molecule has 2 bridgehead atoms. The normalized spacial score (nSPS) is 33.5. The molecule has 17 heavy (non-hydrogen) atoms. The molecule has 3 fully saturated rings. The summed E-state index contributed by atoms with van der Waals surface area (Å²) in [6.07, 6.45) is 2.35. The van der Waals surface area contributed by atoms with Gasteiger partial charge in [-0.3, -0.25) is 4.79 Å². The molecule has 3 nitrogen and oxygen atoms in total. The SMILES string of the molecule is O=C(O)C12CC(COc3ccc(Br)cc3)(C1)C2. The second kappa shape index (κ2) is 3.48. The van der Waals surface area contributed by atoms with E-state index < -0.39 is 11.4 Å². The molecule has 90 valence electrons. The van der Waals surface area contributed by atoms with Gasteiger partial charge in [-0.15, -0.1) is 0 Å². The van der Waals surface area contributed by atoms with Crippen molar-refractivity contribution in [3.8, 4) is 5.75 Å². The Morgan fingerprint density at radius 2 is 1.88 bits per heavy atom. The molecule has 1 aromatic rings. The van der Waals surface area contributed by atoms with Crippen LogP contribution in [0.25, 0.3) is 0 Å². The molecule has 1 aromatic carbocycles. The van der Waals surface area contributed by atoms with Crippen LogP contribution in [-0.4, -0.2) is 17.7 Å². The van der Waals surface area contributed by atoms with Crippen molar-refractivity contribution in [2.24, 2.45) is 10.8 Å². The van der Waals surface area contributed by atoms with Crippen LogP contribution in [0.15, 0.2) is 28.7 Å². The summed E-state index contributed by atoms with van der Waals surface area (Å²) in [7, 11) is 0. The second-order valence-electron chi connectivity index (χ2n) is 5.36. The zero-order valence-corrected chi connectivity index (χ0v) is 10.9. The Morgan fingerprint density at radius 1 is 1.29 bits per heavy atom. The first-order chi connectivity index (χ1) is 8.04.